The van der Waals surface area contributed by atoms with Crippen LogP contribution < -0.4 is 10.1 Å². The molecule has 106 valence electrons. The van der Waals surface area contributed by atoms with Crippen molar-refractivity contribution in [3.05, 3.63) is 51.7 Å². The standard InChI is InChI=1S/C16H19NO2S/c1-4-15-9-13(10-20-15)16(18)17-11(2)12-5-7-14(19-3)8-6-12/h5-11H,4H2,1-3H3,(H,17,18). The van der Waals surface area contributed by atoms with Gasteiger partial charge in [0.1, 0.15) is 5.75 Å². The second-order valence-electron chi connectivity index (χ2n) is 4.62. The Morgan fingerprint density at radius 3 is 2.60 bits per heavy atom. The van der Waals surface area contributed by atoms with Crippen molar-refractivity contribution in [3.8, 4) is 5.75 Å². The number of hydrogen-bond donors (Lipinski definition) is 1. The molecule has 4 heteroatoms. The molecule has 0 saturated carbocycles. The molecule has 1 aromatic carbocycles. The van der Waals surface area contributed by atoms with Gasteiger partial charge in [-0.1, -0.05) is 19.1 Å². The predicted molar refractivity (Wildman–Crippen MR) is 82.6 cm³/mol. The van der Waals surface area contributed by atoms with E-state index in [0.717, 1.165) is 23.3 Å². The summed E-state index contributed by atoms with van der Waals surface area (Å²) in [6, 6.07) is 9.67. The third-order valence-electron chi connectivity index (χ3n) is 3.23. The van der Waals surface area contributed by atoms with Crippen molar-refractivity contribution in [1.29, 1.82) is 0 Å². The lowest BCUT2D eigenvalue weighted by Gasteiger charge is -2.14. The zero-order chi connectivity index (χ0) is 14.5. The number of ether oxygens (including phenoxy) is 1. The number of aryl methyl sites for hydroxylation is 1. The van der Waals surface area contributed by atoms with Crippen LogP contribution in [-0.4, -0.2) is 13.0 Å². The third kappa shape index (κ3) is 3.39. The summed E-state index contributed by atoms with van der Waals surface area (Å²) >= 11 is 1.63. The van der Waals surface area contributed by atoms with Crippen molar-refractivity contribution in [3.63, 3.8) is 0 Å². The van der Waals surface area contributed by atoms with Crippen molar-refractivity contribution in [1.82, 2.24) is 5.32 Å². The van der Waals surface area contributed by atoms with Gasteiger partial charge in [0.05, 0.1) is 18.7 Å². The van der Waals surface area contributed by atoms with E-state index in [1.807, 2.05) is 42.6 Å². The summed E-state index contributed by atoms with van der Waals surface area (Å²) in [6.45, 7) is 4.07. The van der Waals surface area contributed by atoms with Crippen LogP contribution in [-0.2, 0) is 6.42 Å². The second kappa shape index (κ2) is 6.57. The van der Waals surface area contributed by atoms with E-state index >= 15 is 0 Å². The van der Waals surface area contributed by atoms with Gasteiger partial charge in [-0.3, -0.25) is 4.79 Å². The smallest absolute Gasteiger partial charge is 0.252 e. The van der Waals surface area contributed by atoms with Crippen molar-refractivity contribution in [2.24, 2.45) is 0 Å². The average Bonchev–Trinajstić information content (AvgIpc) is 2.96. The molecule has 0 fully saturated rings. The van der Waals surface area contributed by atoms with Gasteiger partial charge in [0.15, 0.2) is 0 Å². The molecular weight excluding hydrogens is 270 g/mol. The van der Waals surface area contributed by atoms with Crippen LogP contribution in [0.5, 0.6) is 5.75 Å². The Hall–Kier alpha value is -1.81. The molecule has 0 aliphatic rings. The van der Waals surface area contributed by atoms with Crippen LogP contribution >= 0.6 is 11.3 Å². The molecule has 0 aliphatic carbocycles. The Balaban J connectivity index is 2.02. The first-order valence-corrected chi connectivity index (χ1v) is 7.54. The molecule has 1 N–H and O–H groups in total. The van der Waals surface area contributed by atoms with Crippen molar-refractivity contribution >= 4 is 17.2 Å². The Morgan fingerprint density at radius 1 is 1.35 bits per heavy atom. The summed E-state index contributed by atoms with van der Waals surface area (Å²) in [5.74, 6) is 0.793. The Bertz CT molecular complexity index is 574. The van der Waals surface area contributed by atoms with Crippen molar-refractivity contribution < 1.29 is 9.53 Å². The quantitative estimate of drug-likeness (QED) is 0.909. The lowest BCUT2D eigenvalue weighted by molar-refractivity contribution is 0.0940. The van der Waals surface area contributed by atoms with E-state index in [-0.39, 0.29) is 11.9 Å². The zero-order valence-electron chi connectivity index (χ0n) is 12.0. The van der Waals surface area contributed by atoms with E-state index in [1.54, 1.807) is 18.4 Å². The maximum atomic E-state index is 12.2. The van der Waals surface area contributed by atoms with E-state index in [2.05, 4.69) is 12.2 Å². The van der Waals surface area contributed by atoms with E-state index in [4.69, 9.17) is 4.74 Å². The van der Waals surface area contributed by atoms with Crippen LogP contribution in [0.4, 0.5) is 0 Å². The number of methoxy groups -OCH3 is 1. The number of carbonyl (C=O) groups is 1. The molecule has 0 aliphatic heterocycles. The van der Waals surface area contributed by atoms with Gasteiger partial charge in [-0.15, -0.1) is 11.3 Å². The zero-order valence-corrected chi connectivity index (χ0v) is 12.8. The first-order valence-electron chi connectivity index (χ1n) is 6.66. The van der Waals surface area contributed by atoms with Crippen LogP contribution in [0.1, 0.15) is 40.7 Å². The van der Waals surface area contributed by atoms with Gasteiger partial charge < -0.3 is 10.1 Å². The minimum atomic E-state index is -0.0293. The molecule has 0 bridgehead atoms. The molecule has 1 heterocycles. The van der Waals surface area contributed by atoms with Crippen LogP contribution in [0.2, 0.25) is 0 Å². The van der Waals surface area contributed by atoms with E-state index in [0.29, 0.717) is 0 Å². The van der Waals surface area contributed by atoms with Crippen LogP contribution in [0, 0.1) is 0 Å². The fourth-order valence-electron chi connectivity index (χ4n) is 1.94. The number of carbonyl (C=O) groups excluding carboxylic acids is 1. The largest absolute Gasteiger partial charge is 0.497 e. The lowest BCUT2D eigenvalue weighted by atomic mass is 10.1. The summed E-state index contributed by atoms with van der Waals surface area (Å²) in [5, 5.41) is 4.93. The molecule has 1 amide bonds. The minimum Gasteiger partial charge on any atom is -0.497 e. The second-order valence-corrected chi connectivity index (χ2v) is 5.62. The van der Waals surface area contributed by atoms with Gasteiger partial charge >= 0.3 is 0 Å². The Morgan fingerprint density at radius 2 is 2.05 bits per heavy atom. The molecule has 3 nitrogen and oxygen atoms in total. The van der Waals surface area contributed by atoms with Gasteiger partial charge in [0.2, 0.25) is 0 Å². The summed E-state index contributed by atoms with van der Waals surface area (Å²) in [7, 11) is 1.64. The number of benzene rings is 1. The summed E-state index contributed by atoms with van der Waals surface area (Å²) in [6.07, 6.45) is 0.964. The van der Waals surface area contributed by atoms with E-state index < -0.39 is 0 Å². The summed E-state index contributed by atoms with van der Waals surface area (Å²) < 4.78 is 5.13. The SMILES string of the molecule is CCc1cc(C(=O)NC(C)c2ccc(OC)cc2)cs1. The maximum Gasteiger partial charge on any atom is 0.252 e. The highest BCUT2D eigenvalue weighted by Crippen LogP contribution is 2.19. The number of nitrogens with one attached hydrogen (secondary N) is 1. The molecule has 0 spiro atoms. The Kier molecular flexibility index (Phi) is 4.79. The molecule has 0 radical (unpaired) electrons. The van der Waals surface area contributed by atoms with Gasteiger partial charge in [-0.05, 0) is 37.1 Å². The molecular formula is C16H19NO2S. The summed E-state index contributed by atoms with van der Waals surface area (Å²) in [4.78, 5) is 13.4. The number of rotatable bonds is 5. The fourth-order valence-corrected chi connectivity index (χ4v) is 2.76. The first-order chi connectivity index (χ1) is 9.63. The van der Waals surface area contributed by atoms with Crippen LogP contribution in [0.25, 0.3) is 0 Å². The van der Waals surface area contributed by atoms with Gasteiger partial charge in [-0.2, -0.15) is 0 Å². The van der Waals surface area contributed by atoms with Crippen molar-refractivity contribution in [2.75, 3.05) is 7.11 Å². The topological polar surface area (TPSA) is 38.3 Å². The molecule has 1 aromatic heterocycles. The molecule has 1 atom stereocenters. The highest BCUT2D eigenvalue weighted by molar-refractivity contribution is 7.10. The van der Waals surface area contributed by atoms with Gasteiger partial charge in [0.25, 0.3) is 5.91 Å². The molecule has 20 heavy (non-hydrogen) atoms. The maximum absolute atomic E-state index is 12.2. The normalized spacial score (nSPS) is 11.9. The van der Waals surface area contributed by atoms with Gasteiger partial charge in [0, 0.05) is 10.3 Å². The molecule has 0 saturated heterocycles. The fraction of sp³-hybridized carbons (Fsp3) is 0.312. The first kappa shape index (κ1) is 14.6. The Labute approximate surface area is 123 Å². The highest BCUT2D eigenvalue weighted by Gasteiger charge is 2.12. The molecule has 1 unspecified atom stereocenters. The third-order valence-corrected chi connectivity index (χ3v) is 4.31. The average molecular weight is 289 g/mol. The number of amides is 1. The van der Waals surface area contributed by atoms with Crippen LogP contribution in [0.15, 0.2) is 35.7 Å². The molecule has 2 aromatic rings. The summed E-state index contributed by atoms with van der Waals surface area (Å²) in [5.41, 5.74) is 1.80. The monoisotopic (exact) mass is 289 g/mol. The van der Waals surface area contributed by atoms with E-state index in [9.17, 15) is 4.79 Å². The molecule has 2 rings (SSSR count). The van der Waals surface area contributed by atoms with E-state index in [1.165, 1.54) is 4.88 Å². The van der Waals surface area contributed by atoms with Crippen molar-refractivity contribution in [2.45, 2.75) is 26.3 Å². The predicted octanol–water partition coefficient (Wildman–Crippen LogP) is 3.81. The highest BCUT2D eigenvalue weighted by atomic mass is 32.1. The van der Waals surface area contributed by atoms with Crippen LogP contribution in [0.3, 0.4) is 0 Å². The minimum absolute atomic E-state index is 0.0238. The number of thiophene rings is 1. The van der Waals surface area contributed by atoms with Gasteiger partial charge in [-0.25, -0.2) is 0 Å². The number of hydrogen-bond acceptors (Lipinski definition) is 3. The lowest BCUT2D eigenvalue weighted by Crippen LogP contribution is -2.26.